The highest BCUT2D eigenvalue weighted by molar-refractivity contribution is 6.47. The van der Waals surface area contributed by atoms with Gasteiger partial charge >= 0.3 is 7.48 Å². The van der Waals surface area contributed by atoms with Crippen LogP contribution in [0.5, 0.6) is 5.75 Å². The molecule has 0 heterocycles. The van der Waals surface area contributed by atoms with Crippen molar-refractivity contribution in [3.05, 3.63) is 24.3 Å². The van der Waals surface area contributed by atoms with Gasteiger partial charge in [-0.05, 0) is 43.6 Å². The van der Waals surface area contributed by atoms with Crippen LogP contribution in [0.3, 0.4) is 0 Å². The minimum Gasteiger partial charge on any atom is -0.493 e. The van der Waals surface area contributed by atoms with Gasteiger partial charge in [0.25, 0.3) is 0 Å². The Labute approximate surface area is 151 Å². The van der Waals surface area contributed by atoms with E-state index in [4.69, 9.17) is 17.2 Å². The lowest BCUT2D eigenvalue weighted by molar-refractivity contribution is 0.0767. The third kappa shape index (κ3) is 6.93. The predicted molar refractivity (Wildman–Crippen MR) is 106 cm³/mol. The molecular formula is C20H33B2O2. The van der Waals surface area contributed by atoms with Crippen LogP contribution in [0.2, 0.25) is 5.31 Å². The molecule has 1 atom stereocenters. The van der Waals surface area contributed by atoms with Crippen molar-refractivity contribution < 1.29 is 9.39 Å². The van der Waals surface area contributed by atoms with E-state index in [2.05, 4.69) is 13.8 Å². The first-order valence-corrected chi connectivity index (χ1v) is 9.22. The maximum absolute atomic E-state index is 6.15. The molecule has 0 aliphatic rings. The van der Waals surface area contributed by atoms with Gasteiger partial charge in [0.2, 0.25) is 0 Å². The van der Waals surface area contributed by atoms with E-state index in [1.54, 1.807) is 7.48 Å². The quantitative estimate of drug-likeness (QED) is 0.549. The average Bonchev–Trinajstić information content (AvgIpc) is 2.53. The molecule has 1 unspecified atom stereocenters. The highest BCUT2D eigenvalue weighted by Crippen LogP contribution is 2.36. The minimum absolute atomic E-state index is 0.416. The van der Waals surface area contributed by atoms with Gasteiger partial charge in [-0.3, -0.25) is 0 Å². The Bertz CT molecular complexity index is 464. The van der Waals surface area contributed by atoms with E-state index >= 15 is 0 Å². The zero-order valence-corrected chi connectivity index (χ0v) is 16.4. The molecule has 3 radical (unpaired) electrons. The monoisotopic (exact) mass is 327 g/mol. The van der Waals surface area contributed by atoms with Crippen LogP contribution in [-0.4, -0.2) is 27.5 Å². The number of benzene rings is 1. The molecule has 24 heavy (non-hydrogen) atoms. The van der Waals surface area contributed by atoms with Crippen LogP contribution in [0, 0.1) is 5.92 Å². The Hall–Kier alpha value is -0.890. The number of rotatable bonds is 11. The van der Waals surface area contributed by atoms with Gasteiger partial charge in [0.1, 0.15) is 5.75 Å². The fourth-order valence-corrected chi connectivity index (χ4v) is 2.12. The zero-order chi connectivity index (χ0) is 18.2. The van der Waals surface area contributed by atoms with Gasteiger partial charge in [-0.1, -0.05) is 64.6 Å². The molecule has 0 saturated heterocycles. The lowest BCUT2D eigenvalue weighted by Gasteiger charge is -2.39. The first kappa shape index (κ1) is 21.2. The van der Waals surface area contributed by atoms with Crippen molar-refractivity contribution in [3.63, 3.8) is 0 Å². The maximum Gasteiger partial charge on any atom is 0.330 e. The molecule has 0 aliphatic carbocycles. The van der Waals surface area contributed by atoms with E-state index < -0.39 is 10.9 Å². The molecule has 0 saturated carbocycles. The van der Waals surface area contributed by atoms with Crippen LogP contribution in [0.15, 0.2) is 24.3 Å². The summed E-state index contributed by atoms with van der Waals surface area (Å²) in [6.07, 6.45) is 4.94. The van der Waals surface area contributed by atoms with E-state index in [1.807, 2.05) is 52.0 Å². The zero-order valence-electron chi connectivity index (χ0n) is 16.4. The summed E-state index contributed by atoms with van der Waals surface area (Å²) in [6, 6.07) is 8.04. The fourth-order valence-electron chi connectivity index (χ4n) is 2.12. The van der Waals surface area contributed by atoms with Crippen molar-refractivity contribution in [2.24, 2.45) is 5.92 Å². The lowest BCUT2D eigenvalue weighted by Crippen LogP contribution is -2.40. The highest BCUT2D eigenvalue weighted by atomic mass is 16.5. The van der Waals surface area contributed by atoms with Crippen LogP contribution in [-0.2, 0) is 4.65 Å². The summed E-state index contributed by atoms with van der Waals surface area (Å²) in [5.41, 5.74) is 0.577. The van der Waals surface area contributed by atoms with Crippen LogP contribution < -0.4 is 10.2 Å². The van der Waals surface area contributed by atoms with Gasteiger partial charge in [0, 0.05) is 5.60 Å². The smallest absolute Gasteiger partial charge is 0.330 e. The molecule has 4 heteroatoms. The summed E-state index contributed by atoms with van der Waals surface area (Å²) in [6.45, 7) is 13.2. The van der Waals surface area contributed by atoms with Crippen LogP contribution in [0.4, 0.5) is 0 Å². The average molecular weight is 327 g/mol. The van der Waals surface area contributed by atoms with Gasteiger partial charge < -0.3 is 9.39 Å². The van der Waals surface area contributed by atoms with Crippen molar-refractivity contribution >= 4 is 20.8 Å². The minimum atomic E-state index is -0.435. The van der Waals surface area contributed by atoms with Crippen molar-refractivity contribution in [2.75, 3.05) is 6.61 Å². The largest absolute Gasteiger partial charge is 0.493 e. The molecule has 1 rings (SSSR count). The topological polar surface area (TPSA) is 18.5 Å². The fraction of sp³-hybridized carbons (Fsp3) is 0.700. The predicted octanol–water partition coefficient (Wildman–Crippen LogP) is 4.69. The van der Waals surface area contributed by atoms with Crippen molar-refractivity contribution in [1.29, 1.82) is 0 Å². The third-order valence-electron chi connectivity index (χ3n) is 4.95. The van der Waals surface area contributed by atoms with Crippen molar-refractivity contribution in [2.45, 2.75) is 78.1 Å². The summed E-state index contributed by atoms with van der Waals surface area (Å²) >= 11 is 0. The molecule has 0 aliphatic heterocycles. The van der Waals surface area contributed by atoms with Crippen LogP contribution in [0.25, 0.3) is 0 Å². The van der Waals surface area contributed by atoms with Crippen molar-refractivity contribution in [1.82, 2.24) is 0 Å². The number of unbranched alkanes of at least 4 members (excludes halogenated alkanes) is 1. The van der Waals surface area contributed by atoms with Gasteiger partial charge in [0.05, 0.1) is 14.5 Å². The van der Waals surface area contributed by atoms with E-state index in [-0.39, 0.29) is 0 Å². The molecule has 1 aromatic rings. The lowest BCUT2D eigenvalue weighted by atomic mass is 9.61. The van der Waals surface area contributed by atoms with Gasteiger partial charge in [-0.2, -0.15) is 0 Å². The number of hydrogen-bond donors (Lipinski definition) is 0. The van der Waals surface area contributed by atoms with Gasteiger partial charge in [-0.15, -0.1) is 0 Å². The molecular weight excluding hydrogens is 294 g/mol. The molecule has 0 N–H and O–H groups in total. The third-order valence-corrected chi connectivity index (χ3v) is 4.95. The Morgan fingerprint density at radius 1 is 1.08 bits per heavy atom. The molecule has 0 spiro atoms. The van der Waals surface area contributed by atoms with E-state index in [0.29, 0.717) is 5.92 Å². The molecule has 0 aromatic heterocycles. The molecule has 0 bridgehead atoms. The van der Waals surface area contributed by atoms with Gasteiger partial charge in [-0.25, -0.2) is 0 Å². The maximum atomic E-state index is 6.15. The summed E-state index contributed by atoms with van der Waals surface area (Å²) in [5, 5.41) is -0.416. The Morgan fingerprint density at radius 2 is 1.71 bits per heavy atom. The first-order chi connectivity index (χ1) is 11.2. The normalized spacial score (nSPS) is 13.6. The first-order valence-electron chi connectivity index (χ1n) is 9.22. The second-order valence-electron chi connectivity index (χ2n) is 7.76. The second-order valence-corrected chi connectivity index (χ2v) is 7.76. The molecule has 0 amide bonds. The molecule has 2 nitrogen and oxygen atoms in total. The summed E-state index contributed by atoms with van der Waals surface area (Å²) in [7, 11) is 7.92. The van der Waals surface area contributed by atoms with E-state index in [0.717, 1.165) is 17.8 Å². The summed E-state index contributed by atoms with van der Waals surface area (Å²) < 4.78 is 11.8. The number of hydrogen-bond acceptors (Lipinski definition) is 2. The Morgan fingerprint density at radius 3 is 2.21 bits per heavy atom. The van der Waals surface area contributed by atoms with Crippen LogP contribution in [0.1, 0.15) is 67.2 Å². The Balaban J connectivity index is 2.48. The second kappa shape index (κ2) is 9.56. The standard InChI is InChI=1S/C20H33B2O2/c1-7-9-10-16(8-2)15-23-18-13-11-17(12-14-18)22-24-20(5,6)19(3,4)21/h11-14,16H,7-10,15H2,1-6H3. The summed E-state index contributed by atoms with van der Waals surface area (Å²) in [4.78, 5) is 0. The molecule has 131 valence electrons. The molecule has 0 fully saturated rings. The molecule has 1 aromatic carbocycles. The van der Waals surface area contributed by atoms with Gasteiger partial charge in [0.15, 0.2) is 0 Å². The van der Waals surface area contributed by atoms with Crippen molar-refractivity contribution in [3.8, 4) is 5.75 Å². The van der Waals surface area contributed by atoms with Crippen LogP contribution >= 0.6 is 0 Å². The van der Waals surface area contributed by atoms with E-state index in [9.17, 15) is 0 Å². The summed E-state index contributed by atoms with van der Waals surface area (Å²) in [5.74, 6) is 1.56. The SMILES string of the molecule is [B]C(C)(C)C(C)(C)O[B]c1ccc(OCC(CC)CCCC)cc1. The van der Waals surface area contributed by atoms with E-state index in [1.165, 1.54) is 25.7 Å². The number of ether oxygens (including phenoxy) is 1. The Kier molecular flexibility index (Phi) is 8.42. The highest BCUT2D eigenvalue weighted by Gasteiger charge is 2.32.